The third-order valence-corrected chi connectivity index (χ3v) is 4.38. The normalized spacial score (nSPS) is 10.6. The van der Waals surface area contributed by atoms with Gasteiger partial charge in [0.2, 0.25) is 5.91 Å². The monoisotopic (exact) mass is 482 g/mol. The summed E-state index contributed by atoms with van der Waals surface area (Å²) in [4.78, 5) is 23.3. The number of benzene rings is 2. The van der Waals surface area contributed by atoms with Gasteiger partial charge in [-0.15, -0.1) is 0 Å². The second-order valence-corrected chi connectivity index (χ2v) is 7.05. The van der Waals surface area contributed by atoms with Gasteiger partial charge in [-0.3, -0.25) is 4.79 Å². The van der Waals surface area contributed by atoms with Gasteiger partial charge in [-0.25, -0.2) is 10.2 Å². The van der Waals surface area contributed by atoms with Crippen molar-refractivity contribution in [2.45, 2.75) is 13.3 Å². The summed E-state index contributed by atoms with van der Waals surface area (Å²) in [5.41, 5.74) is 3.93. The number of hydrazone groups is 1. The molecule has 2 rings (SSSR count). The maximum atomic E-state index is 12.0. The summed E-state index contributed by atoms with van der Waals surface area (Å²) in [6.45, 7) is 1.88. The van der Waals surface area contributed by atoms with Crippen LogP contribution in [-0.2, 0) is 20.7 Å². The highest BCUT2D eigenvalue weighted by atomic mass is 79.9. The molecule has 0 aliphatic heterocycles. The SMILES string of the molecule is CCOc1cc(/C=N/NC(=O)Cc2ccc(Br)cc2)cc(Cl)c1OCC(=O)OC. The maximum Gasteiger partial charge on any atom is 0.343 e. The van der Waals surface area contributed by atoms with Crippen molar-refractivity contribution in [2.24, 2.45) is 5.10 Å². The van der Waals surface area contributed by atoms with Crippen LogP contribution in [0.4, 0.5) is 0 Å². The number of methoxy groups -OCH3 is 1. The largest absolute Gasteiger partial charge is 0.490 e. The molecule has 1 amide bonds. The molecule has 29 heavy (non-hydrogen) atoms. The van der Waals surface area contributed by atoms with Crippen molar-refractivity contribution in [3.05, 3.63) is 57.0 Å². The van der Waals surface area contributed by atoms with E-state index in [0.29, 0.717) is 17.9 Å². The summed E-state index contributed by atoms with van der Waals surface area (Å²) < 4.78 is 16.4. The molecule has 0 atom stereocenters. The number of carbonyl (C=O) groups excluding carboxylic acids is 2. The molecule has 0 heterocycles. The van der Waals surface area contributed by atoms with Gasteiger partial charge >= 0.3 is 5.97 Å². The minimum atomic E-state index is -0.539. The Morgan fingerprint density at radius 1 is 1.21 bits per heavy atom. The number of rotatable bonds is 9. The number of halogens is 2. The Hall–Kier alpha value is -2.58. The maximum absolute atomic E-state index is 12.0. The van der Waals surface area contributed by atoms with Gasteiger partial charge in [-0.2, -0.15) is 5.10 Å². The van der Waals surface area contributed by atoms with E-state index in [1.165, 1.54) is 13.3 Å². The first-order chi connectivity index (χ1) is 13.9. The number of carbonyl (C=O) groups is 2. The summed E-state index contributed by atoms with van der Waals surface area (Å²) in [6, 6.07) is 10.7. The van der Waals surface area contributed by atoms with Gasteiger partial charge in [0.1, 0.15) is 0 Å². The van der Waals surface area contributed by atoms with Gasteiger partial charge in [0.25, 0.3) is 0 Å². The van der Waals surface area contributed by atoms with E-state index in [0.717, 1.165) is 10.0 Å². The van der Waals surface area contributed by atoms with Crippen LogP contribution in [-0.4, -0.2) is 38.4 Å². The highest BCUT2D eigenvalue weighted by molar-refractivity contribution is 9.10. The Morgan fingerprint density at radius 3 is 2.59 bits per heavy atom. The van der Waals surface area contributed by atoms with Crippen molar-refractivity contribution < 1.29 is 23.8 Å². The Kier molecular flexibility index (Phi) is 8.95. The molecule has 0 aliphatic rings. The number of ether oxygens (including phenoxy) is 3. The van der Waals surface area contributed by atoms with Gasteiger partial charge in [0.05, 0.1) is 31.4 Å². The third-order valence-electron chi connectivity index (χ3n) is 3.57. The average Bonchev–Trinajstić information content (AvgIpc) is 2.69. The van der Waals surface area contributed by atoms with Crippen LogP contribution >= 0.6 is 27.5 Å². The summed E-state index contributed by atoms with van der Waals surface area (Å²) in [5, 5.41) is 4.19. The lowest BCUT2D eigenvalue weighted by Crippen LogP contribution is -2.19. The van der Waals surface area contributed by atoms with Crippen LogP contribution in [0.2, 0.25) is 5.02 Å². The highest BCUT2D eigenvalue weighted by Gasteiger charge is 2.14. The zero-order valence-electron chi connectivity index (χ0n) is 15.9. The third kappa shape index (κ3) is 7.40. The molecule has 0 radical (unpaired) electrons. The molecule has 1 N–H and O–H groups in total. The highest BCUT2D eigenvalue weighted by Crippen LogP contribution is 2.36. The van der Waals surface area contributed by atoms with E-state index < -0.39 is 5.97 Å². The molecule has 0 fully saturated rings. The van der Waals surface area contributed by atoms with Gasteiger partial charge in [-0.05, 0) is 42.3 Å². The molecule has 0 aliphatic carbocycles. The fraction of sp³-hybridized carbons (Fsp3) is 0.250. The van der Waals surface area contributed by atoms with Crippen molar-refractivity contribution in [3.8, 4) is 11.5 Å². The van der Waals surface area contributed by atoms with E-state index in [1.54, 1.807) is 19.1 Å². The Morgan fingerprint density at radius 2 is 1.93 bits per heavy atom. The predicted molar refractivity (Wildman–Crippen MR) is 114 cm³/mol. The number of esters is 1. The molecule has 0 aromatic heterocycles. The molecular weight excluding hydrogens is 464 g/mol. The molecule has 0 saturated carbocycles. The number of hydrogen-bond acceptors (Lipinski definition) is 6. The summed E-state index contributed by atoms with van der Waals surface area (Å²) in [7, 11) is 1.27. The molecule has 9 heteroatoms. The van der Waals surface area contributed by atoms with Crippen molar-refractivity contribution in [1.29, 1.82) is 0 Å². The van der Waals surface area contributed by atoms with Crippen LogP contribution in [0.15, 0.2) is 46.0 Å². The van der Waals surface area contributed by atoms with E-state index in [4.69, 9.17) is 21.1 Å². The topological polar surface area (TPSA) is 86.2 Å². The van der Waals surface area contributed by atoms with Gasteiger partial charge in [0.15, 0.2) is 18.1 Å². The van der Waals surface area contributed by atoms with Crippen LogP contribution in [0, 0.1) is 0 Å². The molecule has 0 spiro atoms. The van der Waals surface area contributed by atoms with E-state index in [-0.39, 0.29) is 29.7 Å². The average molecular weight is 484 g/mol. The van der Waals surface area contributed by atoms with Crippen molar-refractivity contribution >= 4 is 45.6 Å². The number of nitrogens with one attached hydrogen (secondary N) is 1. The van der Waals surface area contributed by atoms with Crippen LogP contribution in [0.1, 0.15) is 18.1 Å². The van der Waals surface area contributed by atoms with Gasteiger partial charge in [0, 0.05) is 4.47 Å². The molecule has 154 valence electrons. The van der Waals surface area contributed by atoms with Crippen LogP contribution in [0.3, 0.4) is 0 Å². The summed E-state index contributed by atoms with van der Waals surface area (Å²) in [5.74, 6) is -0.206. The van der Waals surface area contributed by atoms with E-state index in [9.17, 15) is 9.59 Å². The van der Waals surface area contributed by atoms with Crippen molar-refractivity contribution in [2.75, 3.05) is 20.3 Å². The molecule has 7 nitrogen and oxygen atoms in total. The lowest BCUT2D eigenvalue weighted by Gasteiger charge is -2.13. The molecule has 2 aromatic rings. The fourth-order valence-electron chi connectivity index (χ4n) is 2.26. The molecule has 0 unspecified atom stereocenters. The van der Waals surface area contributed by atoms with E-state index >= 15 is 0 Å². The van der Waals surface area contributed by atoms with E-state index in [1.807, 2.05) is 24.3 Å². The van der Waals surface area contributed by atoms with Gasteiger partial charge < -0.3 is 14.2 Å². The van der Waals surface area contributed by atoms with E-state index in [2.05, 4.69) is 31.2 Å². The second kappa shape index (κ2) is 11.4. The van der Waals surface area contributed by atoms with Crippen LogP contribution < -0.4 is 14.9 Å². The first kappa shape index (κ1) is 22.7. The standard InChI is InChI=1S/C20H20BrClN2O5/c1-3-28-17-9-14(8-16(22)20(17)29-12-19(26)27-2)11-23-24-18(25)10-13-4-6-15(21)7-5-13/h4-9,11H,3,10,12H2,1-2H3,(H,24,25)/b23-11+. The first-order valence-corrected chi connectivity index (χ1v) is 9.82. The zero-order chi connectivity index (χ0) is 21.2. The second-order valence-electron chi connectivity index (χ2n) is 5.72. The Labute approximate surface area is 182 Å². The molecule has 0 bridgehead atoms. The number of nitrogens with zero attached hydrogens (tertiary/aromatic N) is 1. The number of amides is 1. The molecule has 2 aromatic carbocycles. The molecular formula is C20H20BrClN2O5. The molecule has 0 saturated heterocycles. The predicted octanol–water partition coefficient (Wildman–Crippen LogP) is 3.75. The number of hydrogen-bond donors (Lipinski definition) is 1. The Balaban J connectivity index is 2.04. The zero-order valence-corrected chi connectivity index (χ0v) is 18.2. The van der Waals surface area contributed by atoms with Crippen LogP contribution in [0.25, 0.3) is 0 Å². The van der Waals surface area contributed by atoms with Gasteiger partial charge in [-0.1, -0.05) is 39.7 Å². The lowest BCUT2D eigenvalue weighted by molar-refractivity contribution is -0.142. The van der Waals surface area contributed by atoms with Crippen molar-refractivity contribution in [1.82, 2.24) is 5.43 Å². The minimum absolute atomic E-state index is 0.204. The van der Waals surface area contributed by atoms with Crippen LogP contribution in [0.5, 0.6) is 11.5 Å². The Bertz CT molecular complexity index is 887. The smallest absolute Gasteiger partial charge is 0.343 e. The summed E-state index contributed by atoms with van der Waals surface area (Å²) in [6.07, 6.45) is 1.65. The lowest BCUT2D eigenvalue weighted by atomic mass is 10.1. The quantitative estimate of drug-likeness (QED) is 0.333. The first-order valence-electron chi connectivity index (χ1n) is 8.65. The fourth-order valence-corrected chi connectivity index (χ4v) is 2.80. The minimum Gasteiger partial charge on any atom is -0.490 e. The summed E-state index contributed by atoms with van der Waals surface area (Å²) >= 11 is 9.60. The van der Waals surface area contributed by atoms with Crippen molar-refractivity contribution in [3.63, 3.8) is 0 Å².